The van der Waals surface area contributed by atoms with Crippen molar-refractivity contribution in [1.29, 1.82) is 0 Å². The predicted octanol–water partition coefficient (Wildman–Crippen LogP) is -0.195. The number of carbonyl (C=O) groups excluding carboxylic acids is 2. The summed E-state index contributed by atoms with van der Waals surface area (Å²) in [6.45, 7) is 2.14. The van der Waals surface area contributed by atoms with Crippen molar-refractivity contribution in [3.63, 3.8) is 0 Å². The van der Waals surface area contributed by atoms with Gasteiger partial charge in [-0.15, -0.1) is 0 Å². The molecule has 5 nitrogen and oxygen atoms in total. The molecule has 0 bridgehead atoms. The first-order chi connectivity index (χ1) is 8.08. The molecule has 2 unspecified atom stereocenters. The molecule has 17 heavy (non-hydrogen) atoms. The van der Waals surface area contributed by atoms with Gasteiger partial charge in [-0.2, -0.15) is 0 Å². The van der Waals surface area contributed by atoms with Crippen LogP contribution in [0.25, 0.3) is 0 Å². The van der Waals surface area contributed by atoms with E-state index in [1.807, 2.05) is 4.90 Å². The quantitative estimate of drug-likeness (QED) is 0.689. The van der Waals surface area contributed by atoms with Gasteiger partial charge >= 0.3 is 0 Å². The highest BCUT2D eigenvalue weighted by Gasteiger charge is 2.32. The maximum atomic E-state index is 12.3. The van der Waals surface area contributed by atoms with Crippen LogP contribution in [0.15, 0.2) is 0 Å². The number of amides is 2. The van der Waals surface area contributed by atoms with Crippen molar-refractivity contribution < 1.29 is 9.59 Å². The van der Waals surface area contributed by atoms with E-state index in [4.69, 9.17) is 5.73 Å². The molecule has 0 aromatic carbocycles. The van der Waals surface area contributed by atoms with E-state index in [9.17, 15) is 9.59 Å². The maximum absolute atomic E-state index is 12.3. The number of rotatable bonds is 1. The van der Waals surface area contributed by atoms with E-state index < -0.39 is 0 Å². The molecule has 2 heterocycles. The van der Waals surface area contributed by atoms with Gasteiger partial charge in [0, 0.05) is 45.1 Å². The number of carbonyl (C=O) groups is 2. The topological polar surface area (TPSA) is 66.6 Å². The molecule has 0 radical (unpaired) electrons. The SMILES string of the molecule is CN1CCC(C(=O)N2CCCC(N)C2)CC1=O. The summed E-state index contributed by atoms with van der Waals surface area (Å²) in [6.07, 6.45) is 3.12. The van der Waals surface area contributed by atoms with E-state index in [1.165, 1.54) is 0 Å². The van der Waals surface area contributed by atoms with E-state index in [0.29, 0.717) is 19.5 Å². The van der Waals surface area contributed by atoms with Gasteiger partial charge in [-0.25, -0.2) is 0 Å². The van der Waals surface area contributed by atoms with E-state index in [1.54, 1.807) is 11.9 Å². The van der Waals surface area contributed by atoms with Crippen molar-refractivity contribution in [2.75, 3.05) is 26.7 Å². The molecule has 2 amide bonds. The van der Waals surface area contributed by atoms with Crippen molar-refractivity contribution in [2.45, 2.75) is 31.7 Å². The van der Waals surface area contributed by atoms with Gasteiger partial charge in [-0.05, 0) is 19.3 Å². The molecule has 2 aliphatic rings. The normalized spacial score (nSPS) is 30.6. The molecule has 2 N–H and O–H groups in total. The molecule has 2 saturated heterocycles. The van der Waals surface area contributed by atoms with Crippen molar-refractivity contribution in [1.82, 2.24) is 9.80 Å². The first kappa shape index (κ1) is 12.4. The van der Waals surface area contributed by atoms with Gasteiger partial charge in [0.25, 0.3) is 0 Å². The van der Waals surface area contributed by atoms with Gasteiger partial charge in [0.05, 0.1) is 0 Å². The fraction of sp³-hybridized carbons (Fsp3) is 0.833. The van der Waals surface area contributed by atoms with Crippen LogP contribution in [-0.4, -0.2) is 54.3 Å². The van der Waals surface area contributed by atoms with Crippen LogP contribution < -0.4 is 5.73 Å². The zero-order chi connectivity index (χ0) is 12.4. The van der Waals surface area contributed by atoms with Crippen molar-refractivity contribution in [2.24, 2.45) is 11.7 Å². The Hall–Kier alpha value is -1.10. The molecule has 2 aliphatic heterocycles. The number of nitrogens with two attached hydrogens (primary N) is 1. The lowest BCUT2D eigenvalue weighted by Crippen LogP contribution is -2.50. The Kier molecular flexibility index (Phi) is 3.66. The first-order valence-corrected chi connectivity index (χ1v) is 6.36. The van der Waals surface area contributed by atoms with E-state index in [-0.39, 0.29) is 23.8 Å². The molecule has 0 aromatic heterocycles. The van der Waals surface area contributed by atoms with Gasteiger partial charge < -0.3 is 15.5 Å². The van der Waals surface area contributed by atoms with Gasteiger partial charge in [0.15, 0.2) is 0 Å². The number of likely N-dealkylation sites (tertiary alicyclic amines) is 2. The van der Waals surface area contributed by atoms with E-state index >= 15 is 0 Å². The molecule has 2 atom stereocenters. The molecule has 0 aliphatic carbocycles. The maximum Gasteiger partial charge on any atom is 0.226 e. The summed E-state index contributed by atoms with van der Waals surface area (Å²) in [4.78, 5) is 27.4. The van der Waals surface area contributed by atoms with Crippen molar-refractivity contribution in [3.05, 3.63) is 0 Å². The van der Waals surface area contributed by atoms with Crippen molar-refractivity contribution >= 4 is 11.8 Å². The van der Waals surface area contributed by atoms with Crippen LogP contribution in [0.1, 0.15) is 25.7 Å². The smallest absolute Gasteiger partial charge is 0.226 e. The predicted molar refractivity (Wildman–Crippen MR) is 64.2 cm³/mol. The molecule has 2 rings (SSSR count). The van der Waals surface area contributed by atoms with Crippen LogP contribution in [0.4, 0.5) is 0 Å². The minimum Gasteiger partial charge on any atom is -0.346 e. The third-order valence-corrected chi connectivity index (χ3v) is 3.78. The molecule has 0 spiro atoms. The highest BCUT2D eigenvalue weighted by Crippen LogP contribution is 2.21. The zero-order valence-corrected chi connectivity index (χ0v) is 10.4. The number of nitrogens with zero attached hydrogens (tertiary/aromatic N) is 2. The average molecular weight is 239 g/mol. The lowest BCUT2D eigenvalue weighted by atomic mass is 9.93. The highest BCUT2D eigenvalue weighted by atomic mass is 16.2. The second-order valence-electron chi connectivity index (χ2n) is 5.19. The molecule has 5 heteroatoms. The van der Waals surface area contributed by atoms with Crippen LogP contribution in [0, 0.1) is 5.92 Å². The minimum absolute atomic E-state index is 0.0795. The Morgan fingerprint density at radius 2 is 2.12 bits per heavy atom. The lowest BCUT2D eigenvalue weighted by molar-refractivity contribution is -0.145. The number of hydrogen-bond donors (Lipinski definition) is 1. The van der Waals surface area contributed by atoms with Crippen LogP contribution in [0.5, 0.6) is 0 Å². The Labute approximate surface area is 102 Å². The zero-order valence-electron chi connectivity index (χ0n) is 10.4. The Morgan fingerprint density at radius 1 is 1.35 bits per heavy atom. The standard InChI is InChI=1S/C12H21N3O2/c1-14-6-4-9(7-11(14)16)12(17)15-5-2-3-10(13)8-15/h9-10H,2-8,13H2,1H3. The van der Waals surface area contributed by atoms with Crippen LogP contribution in [-0.2, 0) is 9.59 Å². The third kappa shape index (κ3) is 2.77. The van der Waals surface area contributed by atoms with E-state index in [0.717, 1.165) is 25.8 Å². The monoisotopic (exact) mass is 239 g/mol. The molecule has 96 valence electrons. The van der Waals surface area contributed by atoms with Gasteiger partial charge in [0.2, 0.25) is 11.8 Å². The fourth-order valence-electron chi connectivity index (χ4n) is 2.62. The summed E-state index contributed by atoms with van der Waals surface area (Å²) in [5, 5.41) is 0. The lowest BCUT2D eigenvalue weighted by Gasteiger charge is -2.35. The Morgan fingerprint density at radius 3 is 2.76 bits per heavy atom. The van der Waals surface area contributed by atoms with Crippen molar-refractivity contribution in [3.8, 4) is 0 Å². The summed E-state index contributed by atoms with van der Waals surface area (Å²) in [5.41, 5.74) is 5.87. The summed E-state index contributed by atoms with van der Waals surface area (Å²) in [6, 6.07) is 0.106. The first-order valence-electron chi connectivity index (χ1n) is 6.36. The molecule has 2 fully saturated rings. The summed E-state index contributed by atoms with van der Waals surface area (Å²) >= 11 is 0. The van der Waals surface area contributed by atoms with Gasteiger partial charge in [-0.3, -0.25) is 9.59 Å². The number of hydrogen-bond acceptors (Lipinski definition) is 3. The Balaban J connectivity index is 1.93. The summed E-state index contributed by atoms with van der Waals surface area (Å²) in [5.74, 6) is 0.0847. The highest BCUT2D eigenvalue weighted by molar-refractivity contribution is 5.87. The molecule has 0 aromatic rings. The largest absolute Gasteiger partial charge is 0.346 e. The summed E-state index contributed by atoms with van der Waals surface area (Å²) < 4.78 is 0. The van der Waals surface area contributed by atoms with Gasteiger partial charge in [-0.1, -0.05) is 0 Å². The second-order valence-corrected chi connectivity index (χ2v) is 5.19. The van der Waals surface area contributed by atoms with E-state index in [2.05, 4.69) is 0 Å². The van der Waals surface area contributed by atoms with Crippen LogP contribution in [0.2, 0.25) is 0 Å². The minimum atomic E-state index is -0.121. The Bertz CT molecular complexity index is 319. The average Bonchev–Trinajstić information content (AvgIpc) is 2.32. The van der Waals surface area contributed by atoms with Crippen LogP contribution in [0.3, 0.4) is 0 Å². The summed E-state index contributed by atoms with van der Waals surface area (Å²) in [7, 11) is 1.79. The third-order valence-electron chi connectivity index (χ3n) is 3.78. The molecular weight excluding hydrogens is 218 g/mol. The van der Waals surface area contributed by atoms with Crippen LogP contribution >= 0.6 is 0 Å². The second kappa shape index (κ2) is 5.04. The fourth-order valence-corrected chi connectivity index (χ4v) is 2.62. The molecular formula is C12H21N3O2. The number of piperidine rings is 2. The molecule has 0 saturated carbocycles. The van der Waals surface area contributed by atoms with Gasteiger partial charge in [0.1, 0.15) is 0 Å².